The van der Waals surface area contributed by atoms with E-state index in [9.17, 15) is 0 Å². The SMILES string of the molecule is COc1ccc(C(C)NC2CCc3cccnc32)cc1Br. The van der Waals surface area contributed by atoms with Gasteiger partial charge in [-0.3, -0.25) is 4.98 Å². The Balaban J connectivity index is 1.75. The minimum atomic E-state index is 0.269. The molecule has 1 aromatic heterocycles. The summed E-state index contributed by atoms with van der Waals surface area (Å²) in [6.07, 6.45) is 4.11. The average Bonchev–Trinajstić information content (AvgIpc) is 2.90. The Morgan fingerprint density at radius 2 is 2.24 bits per heavy atom. The summed E-state index contributed by atoms with van der Waals surface area (Å²) in [7, 11) is 1.68. The number of aromatic nitrogens is 1. The van der Waals surface area contributed by atoms with Gasteiger partial charge in [0, 0.05) is 12.2 Å². The molecule has 21 heavy (non-hydrogen) atoms. The van der Waals surface area contributed by atoms with Crippen LogP contribution in [0.25, 0.3) is 0 Å². The molecule has 3 nitrogen and oxygen atoms in total. The molecule has 0 saturated carbocycles. The molecule has 0 spiro atoms. The molecule has 0 bridgehead atoms. The van der Waals surface area contributed by atoms with Gasteiger partial charge in [0.25, 0.3) is 0 Å². The van der Waals surface area contributed by atoms with Crippen LogP contribution >= 0.6 is 15.9 Å². The van der Waals surface area contributed by atoms with Gasteiger partial charge in [-0.1, -0.05) is 12.1 Å². The van der Waals surface area contributed by atoms with Crippen molar-refractivity contribution in [2.75, 3.05) is 7.11 Å². The maximum absolute atomic E-state index is 5.28. The highest BCUT2D eigenvalue weighted by molar-refractivity contribution is 9.10. The second-order valence-electron chi connectivity index (χ2n) is 5.42. The van der Waals surface area contributed by atoms with E-state index in [0.717, 1.165) is 23.1 Å². The molecule has 2 aromatic rings. The second-order valence-corrected chi connectivity index (χ2v) is 6.28. The highest BCUT2D eigenvalue weighted by Gasteiger charge is 2.25. The standard InChI is InChI=1S/C17H19BrN2O/c1-11(13-6-8-16(21-2)14(18)10-13)20-15-7-5-12-4-3-9-19-17(12)15/h3-4,6,8-11,15,20H,5,7H2,1-2H3. The highest BCUT2D eigenvalue weighted by Crippen LogP contribution is 2.33. The van der Waals surface area contributed by atoms with Crippen molar-refractivity contribution in [1.29, 1.82) is 0 Å². The third-order valence-electron chi connectivity index (χ3n) is 4.09. The van der Waals surface area contributed by atoms with Crippen LogP contribution in [-0.2, 0) is 6.42 Å². The molecule has 110 valence electrons. The van der Waals surface area contributed by atoms with E-state index in [1.165, 1.54) is 16.8 Å². The molecule has 1 aliphatic carbocycles. The number of aryl methyl sites for hydroxylation is 1. The monoisotopic (exact) mass is 346 g/mol. The van der Waals surface area contributed by atoms with Crippen molar-refractivity contribution in [3.8, 4) is 5.75 Å². The van der Waals surface area contributed by atoms with E-state index in [1.807, 2.05) is 18.3 Å². The van der Waals surface area contributed by atoms with Crippen LogP contribution in [0.5, 0.6) is 5.75 Å². The van der Waals surface area contributed by atoms with Crippen molar-refractivity contribution < 1.29 is 4.74 Å². The van der Waals surface area contributed by atoms with E-state index in [2.05, 4.69) is 51.4 Å². The fourth-order valence-corrected chi connectivity index (χ4v) is 3.48. The first-order chi connectivity index (χ1) is 10.2. The Kier molecular flexibility index (Phi) is 4.27. The summed E-state index contributed by atoms with van der Waals surface area (Å²) in [4.78, 5) is 4.54. The predicted molar refractivity (Wildman–Crippen MR) is 87.5 cm³/mol. The minimum Gasteiger partial charge on any atom is -0.496 e. The van der Waals surface area contributed by atoms with Crippen molar-refractivity contribution in [2.45, 2.75) is 31.8 Å². The molecule has 0 amide bonds. The number of nitrogens with one attached hydrogen (secondary N) is 1. The quantitative estimate of drug-likeness (QED) is 0.901. The van der Waals surface area contributed by atoms with E-state index < -0.39 is 0 Å². The summed E-state index contributed by atoms with van der Waals surface area (Å²) < 4.78 is 6.27. The first-order valence-corrected chi connectivity index (χ1v) is 8.01. The van der Waals surface area contributed by atoms with Gasteiger partial charge in [0.2, 0.25) is 0 Å². The van der Waals surface area contributed by atoms with E-state index >= 15 is 0 Å². The molecule has 3 rings (SSSR count). The zero-order valence-corrected chi connectivity index (χ0v) is 13.9. The average molecular weight is 347 g/mol. The summed E-state index contributed by atoms with van der Waals surface area (Å²) >= 11 is 3.55. The van der Waals surface area contributed by atoms with Crippen LogP contribution in [0.1, 0.15) is 42.2 Å². The molecule has 1 N–H and O–H groups in total. The number of nitrogens with zero attached hydrogens (tertiary/aromatic N) is 1. The number of benzene rings is 1. The maximum Gasteiger partial charge on any atom is 0.133 e. The Morgan fingerprint density at radius 3 is 3.00 bits per heavy atom. The number of hydrogen-bond donors (Lipinski definition) is 1. The van der Waals surface area contributed by atoms with Gasteiger partial charge in [0.1, 0.15) is 5.75 Å². The fourth-order valence-electron chi connectivity index (χ4n) is 2.92. The van der Waals surface area contributed by atoms with E-state index in [1.54, 1.807) is 7.11 Å². The number of halogens is 1. The van der Waals surface area contributed by atoms with Gasteiger partial charge in [-0.05, 0) is 65.0 Å². The lowest BCUT2D eigenvalue weighted by Gasteiger charge is -2.20. The maximum atomic E-state index is 5.28. The van der Waals surface area contributed by atoms with Crippen LogP contribution in [-0.4, -0.2) is 12.1 Å². The van der Waals surface area contributed by atoms with E-state index in [4.69, 9.17) is 4.74 Å². The molecule has 0 saturated heterocycles. The lowest BCUT2D eigenvalue weighted by molar-refractivity contribution is 0.411. The lowest BCUT2D eigenvalue weighted by atomic mass is 10.1. The van der Waals surface area contributed by atoms with Gasteiger partial charge in [0.15, 0.2) is 0 Å². The number of methoxy groups -OCH3 is 1. The van der Waals surface area contributed by atoms with E-state index in [0.29, 0.717) is 6.04 Å². The van der Waals surface area contributed by atoms with E-state index in [-0.39, 0.29) is 6.04 Å². The van der Waals surface area contributed by atoms with Crippen LogP contribution in [0.2, 0.25) is 0 Å². The smallest absolute Gasteiger partial charge is 0.133 e. The van der Waals surface area contributed by atoms with Gasteiger partial charge >= 0.3 is 0 Å². The summed E-state index contributed by atoms with van der Waals surface area (Å²) in [5.41, 5.74) is 3.82. The Bertz CT molecular complexity index is 644. The van der Waals surface area contributed by atoms with Gasteiger partial charge in [-0.15, -0.1) is 0 Å². The summed E-state index contributed by atoms with van der Waals surface area (Å²) in [5.74, 6) is 0.860. The molecule has 0 fully saturated rings. The third-order valence-corrected chi connectivity index (χ3v) is 4.71. The molecule has 0 aliphatic heterocycles. The summed E-state index contributed by atoms with van der Waals surface area (Å²) in [6.45, 7) is 2.19. The van der Waals surface area contributed by atoms with Crippen LogP contribution in [0.4, 0.5) is 0 Å². The molecule has 1 aliphatic rings. The number of hydrogen-bond acceptors (Lipinski definition) is 3. The zero-order chi connectivity index (χ0) is 14.8. The van der Waals surface area contributed by atoms with Gasteiger partial charge in [0.05, 0.1) is 23.3 Å². The molecule has 1 aromatic carbocycles. The largest absolute Gasteiger partial charge is 0.496 e. The minimum absolute atomic E-state index is 0.269. The topological polar surface area (TPSA) is 34.1 Å². The highest BCUT2D eigenvalue weighted by atomic mass is 79.9. The molecule has 2 unspecified atom stereocenters. The van der Waals surface area contributed by atoms with Gasteiger partial charge < -0.3 is 10.1 Å². The first kappa shape index (κ1) is 14.5. The van der Waals surface area contributed by atoms with Crippen LogP contribution < -0.4 is 10.1 Å². The van der Waals surface area contributed by atoms with Crippen molar-refractivity contribution >= 4 is 15.9 Å². The molecular weight excluding hydrogens is 328 g/mol. The summed E-state index contributed by atoms with van der Waals surface area (Å²) in [6, 6.07) is 11.0. The second kappa shape index (κ2) is 6.16. The molecule has 0 radical (unpaired) electrons. The number of rotatable bonds is 4. The third kappa shape index (κ3) is 2.97. The van der Waals surface area contributed by atoms with Crippen LogP contribution in [0.15, 0.2) is 41.0 Å². The predicted octanol–water partition coefficient (Wildman–Crippen LogP) is 4.19. The van der Waals surface area contributed by atoms with Crippen molar-refractivity contribution in [2.24, 2.45) is 0 Å². The zero-order valence-electron chi connectivity index (χ0n) is 12.3. The normalized spacial score (nSPS) is 18.3. The van der Waals surface area contributed by atoms with Crippen molar-refractivity contribution in [1.82, 2.24) is 10.3 Å². The Hall–Kier alpha value is -1.39. The first-order valence-electron chi connectivity index (χ1n) is 7.22. The Labute approximate surface area is 133 Å². The number of fused-ring (bicyclic) bond motifs is 1. The van der Waals surface area contributed by atoms with Crippen LogP contribution in [0.3, 0.4) is 0 Å². The van der Waals surface area contributed by atoms with Crippen molar-refractivity contribution in [3.05, 3.63) is 57.8 Å². The summed E-state index contributed by atoms with van der Waals surface area (Å²) in [5, 5.41) is 3.69. The molecule has 1 heterocycles. The van der Waals surface area contributed by atoms with Crippen molar-refractivity contribution in [3.63, 3.8) is 0 Å². The molecule has 2 atom stereocenters. The Morgan fingerprint density at radius 1 is 1.38 bits per heavy atom. The molecular formula is C17H19BrN2O. The van der Waals surface area contributed by atoms with Gasteiger partial charge in [-0.25, -0.2) is 0 Å². The number of ether oxygens (including phenoxy) is 1. The number of pyridine rings is 1. The fraction of sp³-hybridized carbons (Fsp3) is 0.353. The molecule has 4 heteroatoms. The van der Waals surface area contributed by atoms with Crippen LogP contribution in [0, 0.1) is 0 Å². The van der Waals surface area contributed by atoms with Gasteiger partial charge in [-0.2, -0.15) is 0 Å². The lowest BCUT2D eigenvalue weighted by Crippen LogP contribution is -2.23.